The van der Waals surface area contributed by atoms with Gasteiger partial charge in [-0.25, -0.2) is 0 Å². The maximum atomic E-state index is 2.97. The smallest absolute Gasteiger partial charge is 0.0351 e. The molecule has 1 saturated carbocycles. The highest BCUT2D eigenvalue weighted by Gasteiger charge is 2.50. The highest BCUT2D eigenvalue weighted by atomic mass is 31.1. The predicted octanol–water partition coefficient (Wildman–Crippen LogP) is 3.89. The van der Waals surface area contributed by atoms with Crippen molar-refractivity contribution in [3.63, 3.8) is 0 Å². The van der Waals surface area contributed by atoms with Crippen molar-refractivity contribution in [3.8, 4) is 0 Å². The van der Waals surface area contributed by atoms with Crippen LogP contribution in [0, 0.1) is 0 Å². The summed E-state index contributed by atoms with van der Waals surface area (Å²) in [5.74, 6) is 0. The summed E-state index contributed by atoms with van der Waals surface area (Å²) in [6, 6.07) is 0.916. The van der Waals surface area contributed by atoms with Crippen LogP contribution in [0.5, 0.6) is 0 Å². The zero-order chi connectivity index (χ0) is 10.5. The molecule has 3 fully saturated rings. The van der Waals surface area contributed by atoms with E-state index in [9.17, 15) is 0 Å². The summed E-state index contributed by atoms with van der Waals surface area (Å²) in [5.41, 5.74) is 4.06. The maximum Gasteiger partial charge on any atom is 0.0351 e. The van der Waals surface area contributed by atoms with Gasteiger partial charge in [0, 0.05) is 18.2 Å². The SMILES string of the molecule is C1=C2C(CC1)P(C1CCCC1)N1CCC[C@@H]21. The molecule has 0 aromatic rings. The van der Waals surface area contributed by atoms with Crippen LogP contribution in [-0.4, -0.2) is 28.6 Å². The van der Waals surface area contributed by atoms with Gasteiger partial charge < -0.3 is 0 Å². The zero-order valence-electron chi connectivity index (χ0n) is 10.1. The van der Waals surface area contributed by atoms with Gasteiger partial charge in [-0.15, -0.1) is 0 Å². The van der Waals surface area contributed by atoms with Crippen LogP contribution in [0.3, 0.4) is 0 Å². The minimum absolute atomic E-state index is 0.238. The van der Waals surface area contributed by atoms with Crippen LogP contribution in [0.25, 0.3) is 0 Å². The summed E-state index contributed by atoms with van der Waals surface area (Å²) in [6.07, 6.45) is 14.6. The molecule has 4 rings (SSSR count). The number of fused-ring (bicyclic) bond motifs is 3. The van der Waals surface area contributed by atoms with Gasteiger partial charge in [0.25, 0.3) is 0 Å². The fourth-order valence-electron chi connectivity index (χ4n) is 4.53. The second kappa shape index (κ2) is 3.82. The van der Waals surface area contributed by atoms with Crippen LogP contribution >= 0.6 is 8.07 Å². The molecule has 4 aliphatic rings. The first-order valence-corrected chi connectivity index (χ1v) is 8.63. The molecule has 2 heteroatoms. The largest absolute Gasteiger partial charge is 0.274 e. The number of hydrogen-bond donors (Lipinski definition) is 0. The molecule has 2 saturated heterocycles. The molecule has 16 heavy (non-hydrogen) atoms. The van der Waals surface area contributed by atoms with Crippen molar-refractivity contribution in [2.45, 2.75) is 68.7 Å². The summed E-state index contributed by atoms with van der Waals surface area (Å²) in [4.78, 5) is 0. The fraction of sp³-hybridized carbons (Fsp3) is 0.857. The molecule has 88 valence electrons. The molecule has 2 unspecified atom stereocenters. The highest BCUT2D eigenvalue weighted by molar-refractivity contribution is 7.57. The number of allylic oxidation sites excluding steroid dienone is 1. The average Bonchev–Trinajstić information content (AvgIpc) is 3.00. The molecule has 2 aliphatic carbocycles. The first kappa shape index (κ1) is 10.1. The lowest BCUT2D eigenvalue weighted by atomic mass is 10.1. The molecular formula is C14H22NP. The third-order valence-corrected chi connectivity index (χ3v) is 8.66. The number of nitrogens with zero attached hydrogens (tertiary/aromatic N) is 1. The summed E-state index contributed by atoms with van der Waals surface area (Å²) >= 11 is 0. The highest BCUT2D eigenvalue weighted by Crippen LogP contribution is 2.67. The third-order valence-electron chi connectivity index (χ3n) is 5.13. The quantitative estimate of drug-likeness (QED) is 0.492. The monoisotopic (exact) mass is 235 g/mol. The minimum atomic E-state index is 0.238. The molecule has 0 N–H and O–H groups in total. The van der Waals surface area contributed by atoms with Gasteiger partial charge in [0.1, 0.15) is 0 Å². The van der Waals surface area contributed by atoms with E-state index in [4.69, 9.17) is 0 Å². The molecule has 0 spiro atoms. The fourth-order valence-corrected chi connectivity index (χ4v) is 8.65. The van der Waals surface area contributed by atoms with Crippen molar-refractivity contribution < 1.29 is 0 Å². The Morgan fingerprint density at radius 3 is 2.81 bits per heavy atom. The Morgan fingerprint density at radius 2 is 1.94 bits per heavy atom. The van der Waals surface area contributed by atoms with E-state index >= 15 is 0 Å². The van der Waals surface area contributed by atoms with E-state index < -0.39 is 0 Å². The Balaban J connectivity index is 1.67. The van der Waals surface area contributed by atoms with Gasteiger partial charge in [-0.05, 0) is 57.8 Å². The van der Waals surface area contributed by atoms with Crippen LogP contribution < -0.4 is 0 Å². The summed E-state index contributed by atoms with van der Waals surface area (Å²) in [7, 11) is 0.238. The second-order valence-electron chi connectivity index (χ2n) is 5.94. The summed E-state index contributed by atoms with van der Waals surface area (Å²) in [6.45, 7) is 1.43. The normalized spacial score (nSPS) is 43.8. The van der Waals surface area contributed by atoms with Gasteiger partial charge in [-0.3, -0.25) is 4.67 Å². The van der Waals surface area contributed by atoms with Crippen molar-refractivity contribution in [1.82, 2.24) is 4.67 Å². The Morgan fingerprint density at radius 1 is 1.06 bits per heavy atom. The molecule has 0 aromatic carbocycles. The van der Waals surface area contributed by atoms with Crippen LogP contribution in [0.2, 0.25) is 0 Å². The predicted molar refractivity (Wildman–Crippen MR) is 70.0 cm³/mol. The molecule has 0 bridgehead atoms. The van der Waals surface area contributed by atoms with E-state index in [0.29, 0.717) is 0 Å². The molecule has 0 aromatic heterocycles. The summed E-state index contributed by atoms with van der Waals surface area (Å²) in [5, 5.41) is 0. The van der Waals surface area contributed by atoms with Crippen LogP contribution in [0.15, 0.2) is 11.6 Å². The first-order valence-electron chi connectivity index (χ1n) is 7.20. The first-order chi connectivity index (χ1) is 7.95. The molecule has 3 atom stereocenters. The van der Waals surface area contributed by atoms with E-state index in [-0.39, 0.29) is 8.07 Å². The van der Waals surface area contributed by atoms with E-state index in [2.05, 4.69) is 10.7 Å². The van der Waals surface area contributed by atoms with Crippen molar-refractivity contribution >= 4 is 8.07 Å². The van der Waals surface area contributed by atoms with Crippen molar-refractivity contribution in [2.75, 3.05) is 6.54 Å². The molecule has 0 amide bonds. The Labute approximate surface area is 100 Å². The Bertz CT molecular complexity index is 319. The van der Waals surface area contributed by atoms with Gasteiger partial charge in [-0.1, -0.05) is 18.9 Å². The zero-order valence-corrected chi connectivity index (χ0v) is 11.0. The van der Waals surface area contributed by atoms with Gasteiger partial charge >= 0.3 is 0 Å². The lowest BCUT2D eigenvalue weighted by Crippen LogP contribution is -2.22. The van der Waals surface area contributed by atoms with Crippen LogP contribution in [0.1, 0.15) is 51.4 Å². The van der Waals surface area contributed by atoms with Gasteiger partial charge in [0.2, 0.25) is 0 Å². The van der Waals surface area contributed by atoms with E-state index in [1.807, 2.05) is 5.57 Å². The Hall–Kier alpha value is 0.130. The van der Waals surface area contributed by atoms with E-state index in [0.717, 1.165) is 17.4 Å². The van der Waals surface area contributed by atoms with Gasteiger partial charge in [-0.2, -0.15) is 0 Å². The van der Waals surface area contributed by atoms with Crippen LogP contribution in [0.4, 0.5) is 0 Å². The topological polar surface area (TPSA) is 3.24 Å². The van der Waals surface area contributed by atoms with Crippen LogP contribution in [-0.2, 0) is 0 Å². The lowest BCUT2D eigenvalue weighted by molar-refractivity contribution is 0.488. The second-order valence-corrected chi connectivity index (χ2v) is 8.56. The average molecular weight is 235 g/mol. The standard InChI is InChI=1S/C14H22NP/c1-2-6-11(5-1)16-14-9-3-7-12(14)13-8-4-10-15(13)16/h7,11,13-14H,1-6,8-10H2/t13-,14?,16?/m0/s1. The number of rotatable bonds is 1. The summed E-state index contributed by atoms with van der Waals surface area (Å²) < 4.78 is 2.97. The van der Waals surface area contributed by atoms with Gasteiger partial charge in [0.15, 0.2) is 0 Å². The van der Waals surface area contributed by atoms with E-state index in [1.54, 1.807) is 12.8 Å². The maximum absolute atomic E-state index is 2.97. The molecule has 2 aliphatic heterocycles. The van der Waals surface area contributed by atoms with Gasteiger partial charge in [0.05, 0.1) is 0 Å². The minimum Gasteiger partial charge on any atom is -0.274 e. The lowest BCUT2D eigenvalue weighted by Gasteiger charge is -2.32. The molecule has 1 nitrogen and oxygen atoms in total. The Kier molecular flexibility index (Phi) is 2.41. The third kappa shape index (κ3) is 1.31. The number of hydrogen-bond acceptors (Lipinski definition) is 1. The van der Waals surface area contributed by atoms with Crippen molar-refractivity contribution in [2.24, 2.45) is 0 Å². The molecule has 0 radical (unpaired) electrons. The molecule has 2 heterocycles. The van der Waals surface area contributed by atoms with E-state index in [1.165, 1.54) is 45.1 Å². The van der Waals surface area contributed by atoms with Crippen molar-refractivity contribution in [3.05, 3.63) is 11.6 Å². The van der Waals surface area contributed by atoms with Crippen molar-refractivity contribution in [1.29, 1.82) is 0 Å². The molecular weight excluding hydrogens is 213 g/mol.